The molecule has 0 saturated carbocycles. The van der Waals surface area contributed by atoms with Crippen LogP contribution in [0.15, 0.2) is 27.5 Å². The summed E-state index contributed by atoms with van der Waals surface area (Å²) in [5, 5.41) is 0. The van der Waals surface area contributed by atoms with Crippen LogP contribution in [-0.2, 0) is 11.3 Å². The van der Waals surface area contributed by atoms with Gasteiger partial charge in [-0.15, -0.1) is 0 Å². The lowest BCUT2D eigenvalue weighted by Crippen LogP contribution is -2.10. The van der Waals surface area contributed by atoms with E-state index in [1.165, 1.54) is 6.07 Å². The first kappa shape index (κ1) is 13.1. The number of nitrogens with one attached hydrogen (secondary N) is 1. The van der Waals surface area contributed by atoms with Crippen molar-refractivity contribution in [1.29, 1.82) is 0 Å². The van der Waals surface area contributed by atoms with Gasteiger partial charge in [0.05, 0.1) is 16.8 Å². The first-order valence-corrected chi connectivity index (χ1v) is 6.65. The molecular weight excluding hydrogens is 328 g/mol. The van der Waals surface area contributed by atoms with E-state index in [1.54, 1.807) is 13.2 Å². The summed E-state index contributed by atoms with van der Waals surface area (Å²) in [5.74, 6) is 1.74. The Balaban J connectivity index is 2.09. The molecule has 0 saturated heterocycles. The zero-order chi connectivity index (χ0) is 14.1. The van der Waals surface area contributed by atoms with Crippen LogP contribution in [0.2, 0.25) is 0 Å². The molecule has 0 atom stereocenters. The molecule has 0 aliphatic carbocycles. The van der Waals surface area contributed by atoms with Crippen molar-refractivity contribution in [2.24, 2.45) is 0 Å². The van der Waals surface area contributed by atoms with Crippen molar-refractivity contribution in [1.82, 2.24) is 9.97 Å². The van der Waals surface area contributed by atoms with Gasteiger partial charge in [0.15, 0.2) is 11.5 Å². The molecular formula is C13H11BrN2O4. The van der Waals surface area contributed by atoms with Gasteiger partial charge in [-0.25, -0.2) is 4.98 Å². The van der Waals surface area contributed by atoms with E-state index in [4.69, 9.17) is 14.2 Å². The van der Waals surface area contributed by atoms with E-state index in [0.29, 0.717) is 23.0 Å². The van der Waals surface area contributed by atoms with Gasteiger partial charge in [0.2, 0.25) is 6.79 Å². The number of rotatable bonds is 3. The number of H-pyrrole nitrogens is 1. The second-order valence-corrected chi connectivity index (χ2v) is 5.06. The monoisotopic (exact) mass is 338 g/mol. The molecule has 3 rings (SSSR count). The summed E-state index contributed by atoms with van der Waals surface area (Å²) in [6, 6.07) is 5.01. The number of aromatic amines is 1. The van der Waals surface area contributed by atoms with Crippen molar-refractivity contribution in [2.45, 2.75) is 6.61 Å². The van der Waals surface area contributed by atoms with Gasteiger partial charge < -0.3 is 19.2 Å². The summed E-state index contributed by atoms with van der Waals surface area (Å²) in [4.78, 5) is 18.7. The number of fused-ring (bicyclic) bond motifs is 1. The van der Waals surface area contributed by atoms with Gasteiger partial charge in [0, 0.05) is 18.7 Å². The van der Waals surface area contributed by atoms with Crippen LogP contribution in [0.25, 0.3) is 11.4 Å². The highest BCUT2D eigenvalue weighted by molar-refractivity contribution is 9.10. The molecule has 7 heteroatoms. The van der Waals surface area contributed by atoms with Gasteiger partial charge in [-0.1, -0.05) is 0 Å². The van der Waals surface area contributed by atoms with Crippen LogP contribution in [0.5, 0.6) is 11.5 Å². The van der Waals surface area contributed by atoms with E-state index in [2.05, 4.69) is 25.9 Å². The number of methoxy groups -OCH3 is 1. The molecule has 20 heavy (non-hydrogen) atoms. The molecule has 6 nitrogen and oxygen atoms in total. The number of nitrogens with zero attached hydrogens (tertiary/aromatic N) is 1. The Bertz CT molecular complexity index is 714. The van der Waals surface area contributed by atoms with E-state index in [1.807, 2.05) is 6.07 Å². The third kappa shape index (κ3) is 2.41. The highest BCUT2D eigenvalue weighted by atomic mass is 79.9. The zero-order valence-electron chi connectivity index (χ0n) is 10.6. The zero-order valence-corrected chi connectivity index (χ0v) is 12.2. The largest absolute Gasteiger partial charge is 0.454 e. The van der Waals surface area contributed by atoms with Crippen LogP contribution in [0.3, 0.4) is 0 Å². The van der Waals surface area contributed by atoms with Crippen molar-refractivity contribution < 1.29 is 14.2 Å². The summed E-state index contributed by atoms with van der Waals surface area (Å²) >= 11 is 3.41. The fourth-order valence-electron chi connectivity index (χ4n) is 1.97. The third-order valence-electron chi connectivity index (χ3n) is 2.79. The lowest BCUT2D eigenvalue weighted by Gasteiger charge is -2.06. The van der Waals surface area contributed by atoms with E-state index in [0.717, 1.165) is 10.0 Å². The Morgan fingerprint density at radius 3 is 3.05 bits per heavy atom. The van der Waals surface area contributed by atoms with Crippen LogP contribution in [0.4, 0.5) is 0 Å². The van der Waals surface area contributed by atoms with Gasteiger partial charge in [-0.05, 0) is 28.1 Å². The molecule has 1 aromatic carbocycles. The standard InChI is InChI=1S/C13H11BrN2O4/c1-18-5-8-4-11(17)16-13(15-8)7-2-9(14)12-10(3-7)19-6-20-12/h2-4H,5-6H2,1H3,(H,15,16,17). The van der Waals surface area contributed by atoms with E-state index in [-0.39, 0.29) is 19.0 Å². The van der Waals surface area contributed by atoms with Crippen molar-refractivity contribution in [2.75, 3.05) is 13.9 Å². The smallest absolute Gasteiger partial charge is 0.251 e. The van der Waals surface area contributed by atoms with Gasteiger partial charge >= 0.3 is 0 Å². The van der Waals surface area contributed by atoms with Crippen molar-refractivity contribution in [3.63, 3.8) is 0 Å². The molecule has 0 spiro atoms. The van der Waals surface area contributed by atoms with Crippen molar-refractivity contribution >= 4 is 15.9 Å². The molecule has 1 aromatic heterocycles. The van der Waals surface area contributed by atoms with Gasteiger partial charge in [-0.3, -0.25) is 4.79 Å². The van der Waals surface area contributed by atoms with Crippen LogP contribution in [0.1, 0.15) is 5.69 Å². The van der Waals surface area contributed by atoms with Gasteiger partial charge in [0.1, 0.15) is 5.82 Å². The van der Waals surface area contributed by atoms with Crippen LogP contribution < -0.4 is 15.0 Å². The minimum absolute atomic E-state index is 0.186. The lowest BCUT2D eigenvalue weighted by atomic mass is 10.2. The normalized spacial score (nSPS) is 12.7. The predicted molar refractivity (Wildman–Crippen MR) is 74.8 cm³/mol. The molecule has 1 aliphatic rings. The van der Waals surface area contributed by atoms with E-state index >= 15 is 0 Å². The molecule has 0 unspecified atom stereocenters. The second kappa shape index (κ2) is 5.26. The molecule has 104 valence electrons. The average molecular weight is 339 g/mol. The fourth-order valence-corrected chi connectivity index (χ4v) is 2.53. The van der Waals surface area contributed by atoms with Gasteiger partial charge in [-0.2, -0.15) is 0 Å². The van der Waals surface area contributed by atoms with E-state index < -0.39 is 0 Å². The first-order chi connectivity index (χ1) is 9.67. The average Bonchev–Trinajstić information content (AvgIpc) is 2.87. The number of benzene rings is 1. The number of hydrogen-bond donors (Lipinski definition) is 1. The maximum absolute atomic E-state index is 11.7. The molecule has 0 amide bonds. The predicted octanol–water partition coefficient (Wildman–Crippen LogP) is 2.07. The minimum atomic E-state index is -0.226. The van der Waals surface area contributed by atoms with E-state index in [9.17, 15) is 4.79 Å². The summed E-state index contributed by atoms with van der Waals surface area (Å²) < 4.78 is 16.4. The second-order valence-electron chi connectivity index (χ2n) is 4.21. The molecule has 0 radical (unpaired) electrons. The maximum atomic E-state index is 11.7. The number of aromatic nitrogens is 2. The highest BCUT2D eigenvalue weighted by Crippen LogP contribution is 2.41. The summed E-state index contributed by atoms with van der Waals surface area (Å²) in [6.07, 6.45) is 0. The number of halogens is 1. The maximum Gasteiger partial charge on any atom is 0.251 e. The quantitative estimate of drug-likeness (QED) is 0.927. The highest BCUT2D eigenvalue weighted by Gasteiger charge is 2.19. The molecule has 1 N–H and O–H groups in total. The Kier molecular flexibility index (Phi) is 3.45. The molecule has 2 heterocycles. The lowest BCUT2D eigenvalue weighted by molar-refractivity contribution is 0.173. The molecule has 0 bridgehead atoms. The Morgan fingerprint density at radius 1 is 1.40 bits per heavy atom. The van der Waals surface area contributed by atoms with Crippen molar-refractivity contribution in [3.8, 4) is 22.9 Å². The minimum Gasteiger partial charge on any atom is -0.454 e. The summed E-state index contributed by atoms with van der Waals surface area (Å²) in [7, 11) is 1.56. The van der Waals surface area contributed by atoms with Crippen molar-refractivity contribution in [3.05, 3.63) is 38.7 Å². The number of hydrogen-bond acceptors (Lipinski definition) is 5. The summed E-state index contributed by atoms with van der Waals surface area (Å²) in [6.45, 7) is 0.466. The molecule has 0 fully saturated rings. The number of ether oxygens (including phenoxy) is 3. The molecule has 2 aromatic rings. The first-order valence-electron chi connectivity index (χ1n) is 5.86. The summed E-state index contributed by atoms with van der Waals surface area (Å²) in [5.41, 5.74) is 1.08. The van der Waals surface area contributed by atoms with Crippen LogP contribution in [0, 0.1) is 0 Å². The van der Waals surface area contributed by atoms with Crippen LogP contribution >= 0.6 is 15.9 Å². The van der Waals surface area contributed by atoms with Gasteiger partial charge in [0.25, 0.3) is 5.56 Å². The Labute approximate surface area is 122 Å². The molecule has 1 aliphatic heterocycles. The Hall–Kier alpha value is -1.86. The SMILES string of the molecule is COCc1cc(=O)[nH]c(-c2cc(Br)c3c(c2)OCO3)n1. The third-order valence-corrected chi connectivity index (χ3v) is 3.38. The van der Waals surface area contributed by atoms with Crippen LogP contribution in [-0.4, -0.2) is 23.9 Å². The fraction of sp³-hybridized carbons (Fsp3) is 0.231. The Morgan fingerprint density at radius 2 is 2.25 bits per heavy atom. The topological polar surface area (TPSA) is 73.4 Å².